The summed E-state index contributed by atoms with van der Waals surface area (Å²) in [5.41, 5.74) is 0.526. The minimum atomic E-state index is -3.56. The summed E-state index contributed by atoms with van der Waals surface area (Å²) >= 11 is 0. The van der Waals surface area contributed by atoms with Crippen molar-refractivity contribution in [3.05, 3.63) is 29.8 Å². The number of anilines is 1. The molecule has 0 unspecified atom stereocenters. The first kappa shape index (κ1) is 15.5. The molecule has 2 atom stereocenters. The summed E-state index contributed by atoms with van der Waals surface area (Å²) in [6.45, 7) is 5.98. The molecule has 1 N–H and O–H groups in total. The van der Waals surface area contributed by atoms with Gasteiger partial charge in [0.15, 0.2) is 0 Å². The van der Waals surface area contributed by atoms with Gasteiger partial charge in [0.05, 0.1) is 16.9 Å². The van der Waals surface area contributed by atoms with E-state index in [1.54, 1.807) is 12.1 Å². The van der Waals surface area contributed by atoms with E-state index in [2.05, 4.69) is 18.6 Å². The molecule has 5 heteroatoms. The van der Waals surface area contributed by atoms with Gasteiger partial charge in [-0.25, -0.2) is 8.42 Å². The average Bonchev–Trinajstić information content (AvgIpc) is 2.74. The number of hydrogen-bond donors (Lipinski definition) is 1. The van der Waals surface area contributed by atoms with Crippen LogP contribution >= 0.6 is 0 Å². The number of rotatable bonds is 4. The molecular weight excluding hydrogens is 298 g/mol. The summed E-state index contributed by atoms with van der Waals surface area (Å²) in [6, 6.07) is 7.30. The Labute approximate surface area is 132 Å². The van der Waals surface area contributed by atoms with Crippen LogP contribution in [-0.2, 0) is 14.8 Å². The van der Waals surface area contributed by atoms with Crippen LogP contribution in [0.2, 0.25) is 0 Å². The molecule has 0 radical (unpaired) electrons. The van der Waals surface area contributed by atoms with E-state index in [1.807, 2.05) is 19.1 Å². The molecule has 0 amide bonds. The van der Waals surface area contributed by atoms with Gasteiger partial charge in [-0.2, -0.15) is 0 Å². The molecule has 0 aromatic heterocycles. The fourth-order valence-corrected chi connectivity index (χ4v) is 6.29. The van der Waals surface area contributed by atoms with Crippen LogP contribution in [0.5, 0.6) is 0 Å². The first-order chi connectivity index (χ1) is 10.2. The summed E-state index contributed by atoms with van der Waals surface area (Å²) in [4.78, 5) is 12.5. The maximum Gasteiger partial charge on any atom is 0.233 e. The highest BCUT2D eigenvalue weighted by Gasteiger charge is 2.65. The molecule has 0 saturated heterocycles. The first-order valence-corrected chi connectivity index (χ1v) is 9.43. The Bertz CT molecular complexity index is 723. The van der Waals surface area contributed by atoms with Gasteiger partial charge in [-0.15, -0.1) is 0 Å². The van der Waals surface area contributed by atoms with Crippen molar-refractivity contribution in [1.29, 1.82) is 0 Å². The summed E-state index contributed by atoms with van der Waals surface area (Å²) in [6.07, 6.45) is 2.18. The Morgan fingerprint density at radius 2 is 1.95 bits per heavy atom. The van der Waals surface area contributed by atoms with Gasteiger partial charge in [0.2, 0.25) is 10.0 Å². The molecular formula is C17H23NO3S. The smallest absolute Gasteiger partial charge is 0.233 e. The molecule has 2 saturated carbocycles. The molecule has 2 aliphatic rings. The lowest BCUT2D eigenvalue weighted by Gasteiger charge is -2.36. The van der Waals surface area contributed by atoms with Gasteiger partial charge in [0.25, 0.3) is 0 Å². The summed E-state index contributed by atoms with van der Waals surface area (Å²) in [5.74, 6) is 0.356. The number of nitrogens with one attached hydrogen (secondary N) is 1. The molecule has 2 aliphatic carbocycles. The van der Waals surface area contributed by atoms with Gasteiger partial charge in [-0.1, -0.05) is 32.0 Å². The number of carbonyl (C=O) groups excluding carboxylic acids is 1. The van der Waals surface area contributed by atoms with Crippen molar-refractivity contribution in [2.75, 3.05) is 10.5 Å². The third-order valence-electron chi connectivity index (χ3n) is 5.99. The van der Waals surface area contributed by atoms with Gasteiger partial charge in [0.1, 0.15) is 5.78 Å². The predicted octanol–water partition coefficient (Wildman–Crippen LogP) is 3.13. The third kappa shape index (κ3) is 2.18. The Morgan fingerprint density at radius 3 is 2.50 bits per heavy atom. The Hall–Kier alpha value is -1.36. The van der Waals surface area contributed by atoms with E-state index in [1.165, 1.54) is 0 Å². The molecule has 2 bridgehead atoms. The molecule has 2 fully saturated rings. The van der Waals surface area contributed by atoms with Crippen LogP contribution in [0.4, 0.5) is 5.69 Å². The number of hydrogen-bond acceptors (Lipinski definition) is 3. The zero-order valence-electron chi connectivity index (χ0n) is 13.3. The topological polar surface area (TPSA) is 63.2 Å². The second-order valence-corrected chi connectivity index (χ2v) is 9.07. The largest absolute Gasteiger partial charge is 0.299 e. The van der Waals surface area contributed by atoms with E-state index >= 15 is 0 Å². The molecule has 1 aromatic carbocycles. The van der Waals surface area contributed by atoms with E-state index in [-0.39, 0.29) is 17.0 Å². The Balaban J connectivity index is 1.89. The van der Waals surface area contributed by atoms with Crippen molar-refractivity contribution in [2.45, 2.75) is 40.0 Å². The highest BCUT2D eigenvalue weighted by molar-refractivity contribution is 7.92. The molecule has 120 valence electrons. The minimum Gasteiger partial charge on any atom is -0.299 e. The van der Waals surface area contributed by atoms with Crippen LogP contribution in [-0.4, -0.2) is 20.0 Å². The lowest BCUT2D eigenvalue weighted by molar-refractivity contribution is -0.128. The zero-order valence-corrected chi connectivity index (χ0v) is 14.2. The van der Waals surface area contributed by atoms with Crippen molar-refractivity contribution in [1.82, 2.24) is 0 Å². The maximum atomic E-state index is 12.7. The number of ketones is 1. The number of benzene rings is 1. The van der Waals surface area contributed by atoms with E-state index < -0.39 is 15.4 Å². The fraction of sp³-hybridized carbons (Fsp3) is 0.588. The van der Waals surface area contributed by atoms with Gasteiger partial charge in [-0.05, 0) is 42.7 Å². The molecule has 0 aliphatic heterocycles. The van der Waals surface area contributed by atoms with Crippen LogP contribution in [0.25, 0.3) is 0 Å². The lowest BCUT2D eigenvalue weighted by atomic mass is 9.70. The van der Waals surface area contributed by atoms with Crippen molar-refractivity contribution >= 4 is 21.5 Å². The Morgan fingerprint density at radius 1 is 1.27 bits per heavy atom. The number of para-hydroxylation sites is 1. The normalized spacial score (nSPS) is 29.8. The summed E-state index contributed by atoms with van der Waals surface area (Å²) < 4.78 is 28.0. The monoisotopic (exact) mass is 321 g/mol. The first-order valence-electron chi connectivity index (χ1n) is 7.77. The van der Waals surface area contributed by atoms with Crippen LogP contribution in [0.1, 0.15) is 38.7 Å². The van der Waals surface area contributed by atoms with Crippen molar-refractivity contribution < 1.29 is 13.2 Å². The molecule has 3 rings (SSSR count). The molecule has 1 aromatic rings. The predicted molar refractivity (Wildman–Crippen MR) is 87.2 cm³/mol. The second-order valence-electron chi connectivity index (χ2n) is 7.34. The molecule has 0 spiro atoms. The second kappa shape index (κ2) is 4.82. The summed E-state index contributed by atoms with van der Waals surface area (Å²) in [5, 5.41) is 0. The quantitative estimate of drug-likeness (QED) is 0.926. The Kier molecular flexibility index (Phi) is 3.40. The van der Waals surface area contributed by atoms with Gasteiger partial charge < -0.3 is 0 Å². The van der Waals surface area contributed by atoms with Crippen LogP contribution in [0, 0.1) is 23.7 Å². The van der Waals surface area contributed by atoms with Crippen molar-refractivity contribution in [3.8, 4) is 0 Å². The average molecular weight is 321 g/mol. The number of fused-ring (bicyclic) bond motifs is 2. The SMILES string of the molecule is Cc1ccccc1NS(=O)(=O)C[C@]12CC[C@@H](CC1=O)C2(C)C. The lowest BCUT2D eigenvalue weighted by Crippen LogP contribution is -2.43. The summed E-state index contributed by atoms with van der Waals surface area (Å²) in [7, 11) is -3.56. The number of carbonyl (C=O) groups is 1. The van der Waals surface area contributed by atoms with Gasteiger partial charge >= 0.3 is 0 Å². The van der Waals surface area contributed by atoms with Crippen molar-refractivity contribution in [3.63, 3.8) is 0 Å². The third-order valence-corrected chi connectivity index (χ3v) is 7.39. The highest BCUT2D eigenvalue weighted by atomic mass is 32.2. The molecule has 0 heterocycles. The van der Waals surface area contributed by atoms with Gasteiger partial charge in [0, 0.05) is 6.42 Å². The van der Waals surface area contributed by atoms with Crippen molar-refractivity contribution in [2.24, 2.45) is 16.7 Å². The maximum absolute atomic E-state index is 12.7. The van der Waals surface area contributed by atoms with E-state index in [4.69, 9.17) is 0 Å². The molecule has 22 heavy (non-hydrogen) atoms. The minimum absolute atomic E-state index is 0.101. The van der Waals surface area contributed by atoms with E-state index in [0.29, 0.717) is 24.4 Å². The fourth-order valence-electron chi connectivity index (χ4n) is 4.32. The number of Topliss-reactive ketones (excluding diaryl/α,β-unsaturated/α-hetero) is 1. The zero-order chi connectivity index (χ0) is 16.2. The standard InChI is InChI=1S/C17H23NO3S/c1-12-6-4-5-7-14(12)18-22(20,21)11-17-9-8-13(10-15(17)19)16(17,2)3/h4-7,13,18H,8-11H2,1-3H3/t13-,17+/m0/s1. The van der Waals surface area contributed by atoms with E-state index in [0.717, 1.165) is 12.0 Å². The van der Waals surface area contributed by atoms with E-state index in [9.17, 15) is 13.2 Å². The van der Waals surface area contributed by atoms with Crippen LogP contribution in [0.3, 0.4) is 0 Å². The molecule has 4 nitrogen and oxygen atoms in total. The van der Waals surface area contributed by atoms with Gasteiger partial charge in [-0.3, -0.25) is 9.52 Å². The number of aryl methyl sites for hydroxylation is 1. The number of sulfonamides is 1. The van der Waals surface area contributed by atoms with Crippen LogP contribution < -0.4 is 4.72 Å². The highest BCUT2D eigenvalue weighted by Crippen LogP contribution is 2.64. The van der Waals surface area contributed by atoms with Crippen LogP contribution in [0.15, 0.2) is 24.3 Å².